The monoisotopic (exact) mass is 687 g/mol. The lowest BCUT2D eigenvalue weighted by Crippen LogP contribution is -2.46. The lowest BCUT2D eigenvalue weighted by molar-refractivity contribution is -0.160. The van der Waals surface area contributed by atoms with E-state index in [1.807, 2.05) is 71.0 Å². The van der Waals surface area contributed by atoms with Crippen LogP contribution in [0, 0.1) is 17.1 Å². The number of allylic oxidation sites excluding steroid dienone is 1. The van der Waals surface area contributed by atoms with Gasteiger partial charge in [0.25, 0.3) is 5.91 Å². The predicted octanol–water partition coefficient (Wildman–Crippen LogP) is 8.31. The molecular weight excluding hydrogens is 645 g/mol. The number of carbonyl (C=O) groups is 2. The van der Waals surface area contributed by atoms with Crippen LogP contribution in [0.3, 0.4) is 0 Å². The van der Waals surface area contributed by atoms with Gasteiger partial charge in [-0.2, -0.15) is 5.26 Å². The number of halogens is 1. The molecule has 1 saturated carbocycles. The molecule has 51 heavy (non-hydrogen) atoms. The number of benzene rings is 3. The molecule has 2 aliphatic rings. The standard InChI is InChI=1S/C41H42FN5O4/c1-26(34(29-12-7-6-8-13-29)41(20-11-21-44-41)38(49)51-39(3,4)5)36-46-47-37(50-36)31-22-30(23-32(24-31)40(25-43)18-9-10-19-40)35(48)45-27(2)28-14-16-33(42)17-15-28/h6-8,11-17,20-24,26-27,34H,9-10,18-19H2,1-5H3,(H,45,48). The van der Waals surface area contributed by atoms with Gasteiger partial charge in [-0.05, 0) is 99.7 Å². The Balaban J connectivity index is 1.39. The fourth-order valence-electron chi connectivity index (χ4n) is 7.17. The minimum Gasteiger partial charge on any atom is -0.458 e. The fourth-order valence-corrected chi connectivity index (χ4v) is 7.17. The van der Waals surface area contributed by atoms with Crippen molar-refractivity contribution in [1.82, 2.24) is 15.5 Å². The van der Waals surface area contributed by atoms with E-state index in [9.17, 15) is 19.2 Å². The lowest BCUT2D eigenvalue weighted by Gasteiger charge is -2.36. The molecule has 4 atom stereocenters. The maximum Gasteiger partial charge on any atom is 0.339 e. The van der Waals surface area contributed by atoms with E-state index in [4.69, 9.17) is 14.1 Å². The van der Waals surface area contributed by atoms with Gasteiger partial charge in [0.1, 0.15) is 11.4 Å². The summed E-state index contributed by atoms with van der Waals surface area (Å²) < 4.78 is 25.9. The van der Waals surface area contributed by atoms with Gasteiger partial charge in [0.2, 0.25) is 11.8 Å². The lowest BCUT2D eigenvalue weighted by atomic mass is 9.72. The third-order valence-corrected chi connectivity index (χ3v) is 9.80. The Bertz CT molecular complexity index is 1990. The number of esters is 1. The second kappa shape index (κ2) is 14.1. The third kappa shape index (κ3) is 7.25. The van der Waals surface area contributed by atoms with Crippen LogP contribution < -0.4 is 5.32 Å². The molecule has 1 aliphatic heterocycles. The Hall–Kier alpha value is -5.43. The number of rotatable bonds is 10. The highest BCUT2D eigenvalue weighted by atomic mass is 19.1. The number of carbonyl (C=O) groups excluding carboxylic acids is 2. The summed E-state index contributed by atoms with van der Waals surface area (Å²) in [6, 6.07) is 23.0. The first-order valence-electron chi connectivity index (χ1n) is 17.3. The van der Waals surface area contributed by atoms with E-state index in [-0.39, 0.29) is 23.5 Å². The smallest absolute Gasteiger partial charge is 0.339 e. The van der Waals surface area contributed by atoms with Crippen LogP contribution >= 0.6 is 0 Å². The Labute approximate surface area is 297 Å². The molecule has 262 valence electrons. The molecule has 9 nitrogen and oxygen atoms in total. The molecule has 0 saturated heterocycles. The number of hydrogen-bond acceptors (Lipinski definition) is 8. The SMILES string of the molecule is CC(NC(=O)c1cc(-c2nnc(C(C)C(c3ccccc3)C3(C(=O)OC(C)(C)C)C=CC=N3)o2)cc(C2(C#N)CCCC2)c1)c1ccc(F)cc1. The molecule has 10 heteroatoms. The number of nitriles is 1. The van der Waals surface area contributed by atoms with E-state index in [0.717, 1.165) is 24.0 Å². The molecule has 1 aliphatic carbocycles. The molecular formula is C41H42FN5O4. The quantitative estimate of drug-likeness (QED) is 0.166. The Kier molecular flexibility index (Phi) is 9.76. The number of aromatic nitrogens is 2. The van der Waals surface area contributed by atoms with E-state index in [0.29, 0.717) is 29.5 Å². The molecule has 6 rings (SSSR count). The Morgan fingerprint density at radius 1 is 0.980 bits per heavy atom. The van der Waals surface area contributed by atoms with Crippen molar-refractivity contribution < 1.29 is 23.1 Å². The van der Waals surface area contributed by atoms with Crippen molar-refractivity contribution in [3.05, 3.63) is 119 Å². The highest BCUT2D eigenvalue weighted by Gasteiger charge is 2.51. The zero-order chi connectivity index (χ0) is 36.4. The summed E-state index contributed by atoms with van der Waals surface area (Å²) in [7, 11) is 0. The van der Waals surface area contributed by atoms with Gasteiger partial charge in [-0.3, -0.25) is 9.79 Å². The average Bonchev–Trinajstić information content (AvgIpc) is 3.91. The predicted molar refractivity (Wildman–Crippen MR) is 192 cm³/mol. The first-order chi connectivity index (χ1) is 24.3. The number of nitrogens with zero attached hydrogens (tertiary/aromatic N) is 4. The highest BCUT2D eigenvalue weighted by molar-refractivity contribution is 5.96. The zero-order valence-corrected chi connectivity index (χ0v) is 29.5. The second-order valence-electron chi connectivity index (χ2n) is 14.5. The molecule has 1 fully saturated rings. The van der Waals surface area contributed by atoms with Crippen molar-refractivity contribution >= 4 is 18.1 Å². The van der Waals surface area contributed by atoms with Crippen molar-refractivity contribution in [2.45, 2.75) is 94.7 Å². The summed E-state index contributed by atoms with van der Waals surface area (Å²) >= 11 is 0. The van der Waals surface area contributed by atoms with Gasteiger partial charge in [-0.1, -0.05) is 62.2 Å². The van der Waals surface area contributed by atoms with Gasteiger partial charge >= 0.3 is 5.97 Å². The van der Waals surface area contributed by atoms with Crippen molar-refractivity contribution in [3.63, 3.8) is 0 Å². The van der Waals surface area contributed by atoms with Crippen LogP contribution in [0.25, 0.3) is 11.5 Å². The van der Waals surface area contributed by atoms with Crippen molar-refractivity contribution in [2.75, 3.05) is 0 Å². The van der Waals surface area contributed by atoms with Gasteiger partial charge < -0.3 is 14.5 Å². The molecule has 0 bridgehead atoms. The van der Waals surface area contributed by atoms with Gasteiger partial charge in [0.15, 0.2) is 5.54 Å². The highest BCUT2D eigenvalue weighted by Crippen LogP contribution is 2.47. The summed E-state index contributed by atoms with van der Waals surface area (Å²) in [6.45, 7) is 9.20. The van der Waals surface area contributed by atoms with Gasteiger partial charge in [0.05, 0.1) is 17.5 Å². The summed E-state index contributed by atoms with van der Waals surface area (Å²) in [6.07, 6.45) is 8.26. The minimum atomic E-state index is -1.38. The van der Waals surface area contributed by atoms with Crippen LogP contribution in [0.2, 0.25) is 0 Å². The van der Waals surface area contributed by atoms with Crippen LogP contribution in [0.15, 0.2) is 94.4 Å². The zero-order valence-electron chi connectivity index (χ0n) is 29.5. The van der Waals surface area contributed by atoms with Crippen LogP contribution in [-0.2, 0) is 14.9 Å². The number of aliphatic imine (C=N–C) groups is 1. The van der Waals surface area contributed by atoms with E-state index in [1.54, 1.807) is 42.6 Å². The third-order valence-electron chi connectivity index (χ3n) is 9.80. The Morgan fingerprint density at radius 3 is 2.31 bits per heavy atom. The summed E-state index contributed by atoms with van der Waals surface area (Å²) in [5.74, 6) is -1.84. The molecule has 3 aromatic carbocycles. The molecule has 1 N–H and O–H groups in total. The molecule has 4 aromatic rings. The number of amides is 1. The van der Waals surface area contributed by atoms with E-state index >= 15 is 0 Å². The largest absolute Gasteiger partial charge is 0.458 e. The van der Waals surface area contributed by atoms with Crippen molar-refractivity contribution in [2.24, 2.45) is 4.99 Å². The topological polar surface area (TPSA) is 130 Å². The fraction of sp³-hybridized carbons (Fsp3) is 0.366. The first kappa shape index (κ1) is 35.4. The minimum absolute atomic E-state index is 0.175. The summed E-state index contributed by atoms with van der Waals surface area (Å²) in [4.78, 5) is 32.4. The molecule has 4 unspecified atom stereocenters. The summed E-state index contributed by atoms with van der Waals surface area (Å²) in [5.41, 5.74) is 0.255. The van der Waals surface area contributed by atoms with E-state index in [2.05, 4.69) is 21.6 Å². The van der Waals surface area contributed by atoms with E-state index < -0.39 is 40.4 Å². The van der Waals surface area contributed by atoms with Crippen LogP contribution in [-0.4, -0.2) is 39.4 Å². The maximum atomic E-state index is 13.9. The van der Waals surface area contributed by atoms with Gasteiger partial charge in [-0.25, -0.2) is 9.18 Å². The molecule has 0 spiro atoms. The first-order valence-corrected chi connectivity index (χ1v) is 17.3. The second-order valence-corrected chi connectivity index (χ2v) is 14.5. The molecule has 2 heterocycles. The normalized spacial score (nSPS) is 19.6. The van der Waals surface area contributed by atoms with Crippen molar-refractivity contribution in [1.29, 1.82) is 5.26 Å². The van der Waals surface area contributed by atoms with Crippen LogP contribution in [0.5, 0.6) is 0 Å². The van der Waals surface area contributed by atoms with Crippen LogP contribution in [0.4, 0.5) is 4.39 Å². The molecule has 1 aromatic heterocycles. The van der Waals surface area contributed by atoms with Gasteiger partial charge in [-0.15, -0.1) is 10.2 Å². The number of nitrogens with one attached hydrogen (secondary N) is 1. The molecule has 1 amide bonds. The average molecular weight is 688 g/mol. The van der Waals surface area contributed by atoms with Crippen LogP contribution in [0.1, 0.15) is 111 Å². The number of hydrogen-bond donors (Lipinski definition) is 1. The summed E-state index contributed by atoms with van der Waals surface area (Å²) in [5, 5.41) is 22.3. The van der Waals surface area contributed by atoms with Gasteiger partial charge in [0, 0.05) is 29.2 Å². The Morgan fingerprint density at radius 2 is 1.69 bits per heavy atom. The van der Waals surface area contributed by atoms with Crippen molar-refractivity contribution in [3.8, 4) is 17.5 Å². The maximum absolute atomic E-state index is 13.9. The van der Waals surface area contributed by atoms with E-state index in [1.165, 1.54) is 12.1 Å². The number of ether oxygens (including phenoxy) is 1. The molecule has 0 radical (unpaired) electrons.